The lowest BCUT2D eigenvalue weighted by Crippen LogP contribution is -2.50. The molecule has 1 N–H and O–H groups in total. The number of fused-ring (bicyclic) bond motifs is 1. The van der Waals surface area contributed by atoms with E-state index in [9.17, 15) is 0 Å². The van der Waals surface area contributed by atoms with Crippen molar-refractivity contribution >= 4 is 39.0 Å². The molecule has 158 valence electrons. The van der Waals surface area contributed by atoms with Crippen molar-refractivity contribution in [3.05, 3.63) is 16.2 Å². The summed E-state index contributed by atoms with van der Waals surface area (Å²) in [6.45, 7) is 6.79. The third kappa shape index (κ3) is 4.39. The van der Waals surface area contributed by atoms with E-state index in [1.54, 1.807) is 0 Å². The molecule has 6 nitrogen and oxygen atoms in total. The number of likely N-dealkylation sites (tertiary alicyclic amines) is 1. The van der Waals surface area contributed by atoms with E-state index in [4.69, 9.17) is 16.3 Å². The van der Waals surface area contributed by atoms with E-state index < -0.39 is 0 Å². The van der Waals surface area contributed by atoms with Crippen LogP contribution in [0.25, 0.3) is 10.2 Å². The monoisotopic (exact) mass is 435 g/mol. The van der Waals surface area contributed by atoms with Gasteiger partial charge in [0, 0.05) is 30.1 Å². The zero-order chi connectivity index (χ0) is 19.6. The Bertz CT molecular complexity index is 834. The van der Waals surface area contributed by atoms with E-state index in [-0.39, 0.29) is 0 Å². The van der Waals surface area contributed by atoms with Crippen LogP contribution in [-0.4, -0.2) is 72.9 Å². The van der Waals surface area contributed by atoms with Crippen molar-refractivity contribution in [1.29, 1.82) is 0 Å². The van der Waals surface area contributed by atoms with Gasteiger partial charge in [-0.15, -0.1) is 11.3 Å². The van der Waals surface area contributed by atoms with Gasteiger partial charge in [-0.2, -0.15) is 4.98 Å². The lowest BCUT2D eigenvalue weighted by atomic mass is 9.93. The van der Waals surface area contributed by atoms with Crippen LogP contribution in [0.15, 0.2) is 6.07 Å². The Labute approximate surface area is 181 Å². The van der Waals surface area contributed by atoms with Gasteiger partial charge in [0.25, 0.3) is 0 Å². The van der Waals surface area contributed by atoms with Gasteiger partial charge in [-0.05, 0) is 69.4 Å². The number of anilines is 1. The zero-order valence-electron chi connectivity index (χ0n) is 16.9. The van der Waals surface area contributed by atoms with Crippen LogP contribution in [0, 0.1) is 0 Å². The molecule has 0 bridgehead atoms. The average Bonchev–Trinajstić information content (AvgIpc) is 3.17. The standard InChI is InChI=1S/C21H30ClN5OS/c22-21-24-18-14-17(29-19(18)20(25-21)26-9-11-28-12-10-26)13-16-3-1-2-8-27(16)15-4-6-23-7-5-15/h14-16,23H,1-13H2. The predicted molar refractivity (Wildman–Crippen MR) is 119 cm³/mol. The first kappa shape index (κ1) is 19.9. The van der Waals surface area contributed by atoms with Crippen molar-refractivity contribution in [1.82, 2.24) is 20.2 Å². The van der Waals surface area contributed by atoms with Gasteiger partial charge in [-0.25, -0.2) is 4.98 Å². The van der Waals surface area contributed by atoms with E-state index in [2.05, 4.69) is 31.2 Å². The molecule has 0 radical (unpaired) electrons. The lowest BCUT2D eigenvalue weighted by Gasteiger charge is -2.43. The molecule has 29 heavy (non-hydrogen) atoms. The van der Waals surface area contributed by atoms with Crippen LogP contribution >= 0.6 is 22.9 Å². The largest absolute Gasteiger partial charge is 0.378 e. The number of piperidine rings is 2. The fourth-order valence-electron chi connectivity index (χ4n) is 5.12. The van der Waals surface area contributed by atoms with Gasteiger partial charge < -0.3 is 15.0 Å². The molecule has 3 fully saturated rings. The molecule has 1 unspecified atom stereocenters. The summed E-state index contributed by atoms with van der Waals surface area (Å²) in [6.07, 6.45) is 7.68. The van der Waals surface area contributed by atoms with Crippen LogP contribution in [0.4, 0.5) is 5.82 Å². The fraction of sp³-hybridized carbons (Fsp3) is 0.714. The summed E-state index contributed by atoms with van der Waals surface area (Å²) in [6, 6.07) is 3.65. The average molecular weight is 436 g/mol. The number of hydrogen-bond donors (Lipinski definition) is 1. The Morgan fingerprint density at radius 1 is 1.10 bits per heavy atom. The minimum Gasteiger partial charge on any atom is -0.378 e. The highest BCUT2D eigenvalue weighted by molar-refractivity contribution is 7.19. The Morgan fingerprint density at radius 2 is 1.93 bits per heavy atom. The molecular formula is C21H30ClN5OS. The molecule has 5 rings (SSSR count). The number of rotatable bonds is 4. The van der Waals surface area contributed by atoms with Gasteiger partial charge in [-0.1, -0.05) is 6.42 Å². The highest BCUT2D eigenvalue weighted by atomic mass is 35.5. The van der Waals surface area contributed by atoms with Crippen LogP contribution in [-0.2, 0) is 11.2 Å². The van der Waals surface area contributed by atoms with Crippen molar-refractivity contribution < 1.29 is 4.74 Å². The van der Waals surface area contributed by atoms with Gasteiger partial charge in [0.05, 0.1) is 23.4 Å². The third-order valence-electron chi connectivity index (χ3n) is 6.58. The summed E-state index contributed by atoms with van der Waals surface area (Å²) in [7, 11) is 0. The SMILES string of the molecule is Clc1nc(N2CCOCC2)c2sc(CC3CCCCN3C3CCNCC3)cc2n1. The summed E-state index contributed by atoms with van der Waals surface area (Å²) in [5, 5.41) is 3.86. The van der Waals surface area contributed by atoms with E-state index in [1.165, 1.54) is 48.2 Å². The third-order valence-corrected chi connectivity index (χ3v) is 7.89. The van der Waals surface area contributed by atoms with Gasteiger partial charge in [0.15, 0.2) is 5.82 Å². The van der Waals surface area contributed by atoms with Gasteiger partial charge in [0.1, 0.15) is 0 Å². The van der Waals surface area contributed by atoms with Crippen molar-refractivity contribution in [3.8, 4) is 0 Å². The molecule has 0 spiro atoms. The second-order valence-electron chi connectivity index (χ2n) is 8.42. The maximum Gasteiger partial charge on any atom is 0.224 e. The molecule has 3 saturated heterocycles. The molecule has 0 aromatic carbocycles. The summed E-state index contributed by atoms with van der Waals surface area (Å²) in [5.74, 6) is 0.985. The zero-order valence-corrected chi connectivity index (χ0v) is 18.5. The number of ether oxygens (including phenoxy) is 1. The van der Waals surface area contributed by atoms with E-state index in [0.717, 1.165) is 63.2 Å². The number of nitrogens with one attached hydrogen (secondary N) is 1. The number of nitrogens with zero attached hydrogens (tertiary/aromatic N) is 4. The van der Waals surface area contributed by atoms with Crippen LogP contribution in [0.1, 0.15) is 37.0 Å². The lowest BCUT2D eigenvalue weighted by molar-refractivity contribution is 0.0767. The normalized spacial score (nSPS) is 25.0. The first-order valence-electron chi connectivity index (χ1n) is 11.0. The molecule has 8 heteroatoms. The molecule has 0 amide bonds. The van der Waals surface area contributed by atoms with Crippen LogP contribution in [0.5, 0.6) is 0 Å². The second kappa shape index (κ2) is 9.02. The molecule has 2 aromatic rings. The Balaban J connectivity index is 1.39. The summed E-state index contributed by atoms with van der Waals surface area (Å²) in [5.41, 5.74) is 0.996. The van der Waals surface area contributed by atoms with E-state index in [1.807, 2.05) is 11.3 Å². The van der Waals surface area contributed by atoms with Crippen molar-refractivity contribution in [2.45, 2.75) is 50.6 Å². The smallest absolute Gasteiger partial charge is 0.224 e. The van der Waals surface area contributed by atoms with Gasteiger partial charge >= 0.3 is 0 Å². The topological polar surface area (TPSA) is 53.5 Å². The molecule has 2 aromatic heterocycles. The molecular weight excluding hydrogens is 406 g/mol. The van der Waals surface area contributed by atoms with Crippen molar-refractivity contribution in [3.63, 3.8) is 0 Å². The molecule has 3 aliphatic heterocycles. The highest BCUT2D eigenvalue weighted by Gasteiger charge is 2.30. The number of morpholine rings is 1. The minimum atomic E-state index is 0.345. The molecule has 5 heterocycles. The number of thiophene rings is 1. The van der Waals surface area contributed by atoms with Crippen LogP contribution < -0.4 is 10.2 Å². The Hall–Kier alpha value is -0.990. The minimum absolute atomic E-state index is 0.345. The first-order chi connectivity index (χ1) is 14.3. The predicted octanol–water partition coefficient (Wildman–Crippen LogP) is 3.33. The maximum absolute atomic E-state index is 6.28. The quantitative estimate of drug-likeness (QED) is 0.743. The molecule has 1 atom stereocenters. The second-order valence-corrected chi connectivity index (χ2v) is 9.89. The van der Waals surface area contributed by atoms with Gasteiger partial charge in [-0.3, -0.25) is 4.90 Å². The van der Waals surface area contributed by atoms with E-state index in [0.29, 0.717) is 11.3 Å². The fourth-order valence-corrected chi connectivity index (χ4v) is 6.47. The summed E-state index contributed by atoms with van der Waals surface area (Å²) in [4.78, 5) is 15.7. The van der Waals surface area contributed by atoms with Crippen molar-refractivity contribution in [2.24, 2.45) is 0 Å². The molecule has 0 saturated carbocycles. The van der Waals surface area contributed by atoms with Crippen LogP contribution in [0.3, 0.4) is 0 Å². The Kier molecular flexibility index (Phi) is 6.20. The summed E-state index contributed by atoms with van der Waals surface area (Å²) >= 11 is 8.14. The first-order valence-corrected chi connectivity index (χ1v) is 12.2. The summed E-state index contributed by atoms with van der Waals surface area (Å²) < 4.78 is 6.69. The number of halogens is 1. The van der Waals surface area contributed by atoms with Crippen LogP contribution in [0.2, 0.25) is 5.28 Å². The molecule has 0 aliphatic carbocycles. The Morgan fingerprint density at radius 3 is 2.76 bits per heavy atom. The van der Waals surface area contributed by atoms with Crippen molar-refractivity contribution in [2.75, 3.05) is 50.8 Å². The van der Waals surface area contributed by atoms with E-state index >= 15 is 0 Å². The highest BCUT2D eigenvalue weighted by Crippen LogP contribution is 2.35. The number of hydrogen-bond acceptors (Lipinski definition) is 7. The number of aromatic nitrogens is 2. The molecule has 3 aliphatic rings. The maximum atomic E-state index is 6.28. The van der Waals surface area contributed by atoms with Gasteiger partial charge in [0.2, 0.25) is 5.28 Å².